The normalized spacial score (nSPS) is 12.8. The molecule has 0 spiro atoms. The van der Waals surface area contributed by atoms with Gasteiger partial charge in [0.2, 0.25) is 11.8 Å². The van der Waals surface area contributed by atoms with E-state index >= 15 is 0 Å². The minimum atomic E-state index is -4.47. The Balaban J connectivity index is 0.00000338. The summed E-state index contributed by atoms with van der Waals surface area (Å²) < 4.78 is 41.6. The van der Waals surface area contributed by atoms with Gasteiger partial charge >= 0.3 is 6.18 Å². The summed E-state index contributed by atoms with van der Waals surface area (Å²) in [5, 5.41) is 2.61. The third-order valence-corrected chi connectivity index (χ3v) is 3.51. The largest absolute Gasteiger partial charge is 0.468 e. The summed E-state index contributed by atoms with van der Waals surface area (Å²) in [5.41, 5.74) is 5.75. The number of benzene rings is 1. The Labute approximate surface area is 167 Å². The van der Waals surface area contributed by atoms with Crippen molar-refractivity contribution in [1.29, 1.82) is 0 Å². The average molecular weight is 426 g/mol. The van der Waals surface area contributed by atoms with Gasteiger partial charge in [0, 0.05) is 18.3 Å². The molecule has 1 amide bonds. The maximum Gasteiger partial charge on any atom is 0.422 e. The number of hydrogen-bond donors (Lipinski definition) is 2. The third kappa shape index (κ3) is 7.24. The van der Waals surface area contributed by atoms with Crippen molar-refractivity contribution in [3.05, 3.63) is 59.8 Å². The van der Waals surface area contributed by atoms with Gasteiger partial charge in [0.05, 0.1) is 0 Å². The standard InChI is InChI=1S/C17H18F3N3O2.2ClH/c1-16(21,13-7-3-2-4-8-13)15(24)23-10-12-6-5-9-22-14(12)25-11-17(18,19)20;;/h2-9H,10-11,21H2,1H3,(H,23,24);2*1H. The summed E-state index contributed by atoms with van der Waals surface area (Å²) in [7, 11) is 0. The Hall–Kier alpha value is -2.03. The number of nitrogens with two attached hydrogens (primary N) is 1. The molecule has 0 aliphatic carbocycles. The lowest BCUT2D eigenvalue weighted by Crippen LogP contribution is -2.48. The second-order valence-electron chi connectivity index (χ2n) is 5.62. The van der Waals surface area contributed by atoms with Crippen molar-refractivity contribution in [3.63, 3.8) is 0 Å². The van der Waals surface area contributed by atoms with Gasteiger partial charge in [0.15, 0.2) is 6.61 Å². The van der Waals surface area contributed by atoms with Crippen molar-refractivity contribution in [2.24, 2.45) is 5.73 Å². The Morgan fingerprint density at radius 2 is 1.78 bits per heavy atom. The van der Waals surface area contributed by atoms with E-state index in [4.69, 9.17) is 5.73 Å². The zero-order valence-electron chi connectivity index (χ0n) is 14.3. The predicted octanol–water partition coefficient (Wildman–Crippen LogP) is 3.36. The number of ether oxygens (including phenoxy) is 1. The van der Waals surface area contributed by atoms with Gasteiger partial charge in [-0.15, -0.1) is 24.8 Å². The Morgan fingerprint density at radius 1 is 1.15 bits per heavy atom. The van der Waals surface area contributed by atoms with Crippen LogP contribution < -0.4 is 15.8 Å². The van der Waals surface area contributed by atoms with Crippen LogP contribution in [0.2, 0.25) is 0 Å². The molecule has 0 saturated carbocycles. The summed E-state index contributed by atoms with van der Waals surface area (Å²) in [4.78, 5) is 16.2. The number of nitrogens with zero attached hydrogens (tertiary/aromatic N) is 1. The summed E-state index contributed by atoms with van der Waals surface area (Å²) in [6.45, 7) is 0.0467. The van der Waals surface area contributed by atoms with E-state index in [1.54, 1.807) is 43.3 Å². The van der Waals surface area contributed by atoms with Crippen molar-refractivity contribution in [2.45, 2.75) is 25.2 Å². The highest BCUT2D eigenvalue weighted by molar-refractivity contribution is 5.87. The molecule has 27 heavy (non-hydrogen) atoms. The van der Waals surface area contributed by atoms with Crippen LogP contribution in [0.4, 0.5) is 13.2 Å². The molecule has 10 heteroatoms. The molecule has 1 heterocycles. The summed E-state index contributed by atoms with van der Waals surface area (Å²) in [6, 6.07) is 11.8. The molecule has 5 nitrogen and oxygen atoms in total. The number of rotatable bonds is 6. The first kappa shape index (κ1) is 25.0. The first-order valence-electron chi connectivity index (χ1n) is 7.46. The summed E-state index contributed by atoms with van der Waals surface area (Å²) in [5.74, 6) is -0.650. The van der Waals surface area contributed by atoms with Crippen LogP contribution in [-0.2, 0) is 16.9 Å². The highest BCUT2D eigenvalue weighted by Gasteiger charge is 2.31. The van der Waals surface area contributed by atoms with E-state index in [1.807, 2.05) is 0 Å². The van der Waals surface area contributed by atoms with E-state index in [1.165, 1.54) is 12.3 Å². The average Bonchev–Trinajstić information content (AvgIpc) is 2.58. The Morgan fingerprint density at radius 3 is 2.37 bits per heavy atom. The maximum atomic E-state index is 12.4. The molecule has 0 aliphatic rings. The highest BCUT2D eigenvalue weighted by atomic mass is 35.5. The third-order valence-electron chi connectivity index (χ3n) is 3.51. The van der Waals surface area contributed by atoms with Gasteiger partial charge in [-0.3, -0.25) is 4.79 Å². The molecule has 0 fully saturated rings. The fourth-order valence-electron chi connectivity index (χ4n) is 2.11. The highest BCUT2D eigenvalue weighted by Crippen LogP contribution is 2.21. The monoisotopic (exact) mass is 425 g/mol. The quantitative estimate of drug-likeness (QED) is 0.743. The smallest absolute Gasteiger partial charge is 0.422 e. The summed E-state index contributed by atoms with van der Waals surface area (Å²) in [6.07, 6.45) is -3.16. The molecule has 1 aromatic carbocycles. The molecule has 0 bridgehead atoms. The number of nitrogens with one attached hydrogen (secondary N) is 1. The van der Waals surface area contributed by atoms with Gasteiger partial charge in [-0.05, 0) is 18.6 Å². The van der Waals surface area contributed by atoms with E-state index < -0.39 is 24.2 Å². The second-order valence-corrected chi connectivity index (χ2v) is 5.62. The van der Waals surface area contributed by atoms with Crippen LogP contribution in [0.3, 0.4) is 0 Å². The molecule has 2 aromatic rings. The van der Waals surface area contributed by atoms with E-state index in [2.05, 4.69) is 15.0 Å². The number of halogens is 5. The van der Waals surface area contributed by atoms with Crippen molar-refractivity contribution in [2.75, 3.05) is 6.61 Å². The molecule has 3 N–H and O–H groups in total. The molecule has 1 aromatic heterocycles. The van der Waals surface area contributed by atoms with Gasteiger partial charge in [-0.1, -0.05) is 36.4 Å². The Kier molecular flexibility index (Phi) is 9.56. The van der Waals surface area contributed by atoms with Crippen molar-refractivity contribution in [3.8, 4) is 5.88 Å². The predicted molar refractivity (Wildman–Crippen MR) is 100 cm³/mol. The molecule has 150 valence electrons. The second kappa shape index (κ2) is 10.3. The fourth-order valence-corrected chi connectivity index (χ4v) is 2.11. The molecule has 0 radical (unpaired) electrons. The molecule has 2 rings (SSSR count). The number of pyridine rings is 1. The van der Waals surface area contributed by atoms with Gasteiger partial charge in [-0.2, -0.15) is 13.2 Å². The van der Waals surface area contributed by atoms with Crippen LogP contribution in [-0.4, -0.2) is 23.7 Å². The SMILES string of the molecule is CC(N)(C(=O)NCc1cccnc1OCC(F)(F)F)c1ccccc1.Cl.Cl. The number of amides is 1. The first-order valence-corrected chi connectivity index (χ1v) is 7.46. The first-order chi connectivity index (χ1) is 11.7. The van der Waals surface area contributed by atoms with Crippen LogP contribution in [0.5, 0.6) is 5.88 Å². The van der Waals surface area contributed by atoms with Crippen molar-refractivity contribution < 1.29 is 22.7 Å². The van der Waals surface area contributed by atoms with E-state index in [-0.39, 0.29) is 37.2 Å². The lowest BCUT2D eigenvalue weighted by molar-refractivity contribution is -0.154. The minimum Gasteiger partial charge on any atom is -0.468 e. The molecular formula is C17H20Cl2F3N3O2. The number of carbonyl (C=O) groups is 1. The minimum absolute atomic E-state index is 0. The molecule has 1 atom stereocenters. The zero-order chi connectivity index (χ0) is 18.5. The van der Waals surface area contributed by atoms with Gasteiger partial charge in [-0.25, -0.2) is 4.98 Å². The number of alkyl halides is 3. The fraction of sp³-hybridized carbons (Fsp3) is 0.294. The van der Waals surface area contributed by atoms with Crippen LogP contribution in [0.15, 0.2) is 48.7 Å². The number of hydrogen-bond acceptors (Lipinski definition) is 4. The molecule has 0 aliphatic heterocycles. The van der Waals surface area contributed by atoms with Crippen molar-refractivity contribution in [1.82, 2.24) is 10.3 Å². The summed E-state index contributed by atoms with van der Waals surface area (Å²) >= 11 is 0. The zero-order valence-corrected chi connectivity index (χ0v) is 16.0. The Bertz CT molecular complexity index is 729. The topological polar surface area (TPSA) is 77.2 Å². The molecule has 1 unspecified atom stereocenters. The lowest BCUT2D eigenvalue weighted by Gasteiger charge is -2.24. The number of carbonyl (C=O) groups excluding carboxylic acids is 1. The van der Waals surface area contributed by atoms with Crippen molar-refractivity contribution >= 4 is 30.7 Å². The van der Waals surface area contributed by atoms with E-state index in [9.17, 15) is 18.0 Å². The lowest BCUT2D eigenvalue weighted by atomic mass is 9.92. The molecular weight excluding hydrogens is 406 g/mol. The van der Waals surface area contributed by atoms with Crippen LogP contribution in [0, 0.1) is 0 Å². The van der Waals surface area contributed by atoms with Crippen LogP contribution in [0.1, 0.15) is 18.1 Å². The van der Waals surface area contributed by atoms with E-state index in [0.29, 0.717) is 11.1 Å². The van der Waals surface area contributed by atoms with Gasteiger partial charge < -0.3 is 15.8 Å². The molecule has 0 saturated heterocycles. The maximum absolute atomic E-state index is 12.4. The number of aromatic nitrogens is 1. The van der Waals surface area contributed by atoms with Crippen LogP contribution in [0.25, 0.3) is 0 Å². The van der Waals surface area contributed by atoms with Gasteiger partial charge in [0.25, 0.3) is 0 Å². The van der Waals surface area contributed by atoms with Gasteiger partial charge in [0.1, 0.15) is 5.54 Å². The van der Waals surface area contributed by atoms with E-state index in [0.717, 1.165) is 0 Å². The van der Waals surface area contributed by atoms with Crippen LogP contribution >= 0.6 is 24.8 Å².